The maximum absolute atomic E-state index is 13.4. The summed E-state index contributed by atoms with van der Waals surface area (Å²) in [6.07, 6.45) is 8.58. The minimum absolute atomic E-state index is 0.191. The van der Waals surface area contributed by atoms with E-state index in [1.54, 1.807) is 25.6 Å². The molecule has 2 aromatic carbocycles. The number of amides is 1. The van der Waals surface area contributed by atoms with Crippen LogP contribution in [0.3, 0.4) is 0 Å². The van der Waals surface area contributed by atoms with Crippen molar-refractivity contribution in [1.82, 2.24) is 9.97 Å². The number of H-pyrrole nitrogens is 1. The van der Waals surface area contributed by atoms with Crippen molar-refractivity contribution in [2.45, 2.75) is 72.3 Å². The number of ether oxygens (including phenoxy) is 3. The summed E-state index contributed by atoms with van der Waals surface area (Å²) >= 11 is 1.55. The smallest absolute Gasteiger partial charge is 0.302 e. The number of anilines is 1. The van der Waals surface area contributed by atoms with Gasteiger partial charge in [-0.15, -0.1) is 11.3 Å². The average molecular weight is 621 g/mol. The summed E-state index contributed by atoms with van der Waals surface area (Å²) in [6, 6.07) is 10.0. The van der Waals surface area contributed by atoms with Gasteiger partial charge in [-0.1, -0.05) is 43.7 Å². The van der Waals surface area contributed by atoms with Crippen LogP contribution >= 0.6 is 11.3 Å². The average Bonchev–Trinajstić information content (AvgIpc) is 3.59. The van der Waals surface area contributed by atoms with Gasteiger partial charge in [-0.2, -0.15) is 0 Å². The fourth-order valence-corrected chi connectivity index (χ4v) is 6.71. The number of aryl methyl sites for hydroxylation is 3. The van der Waals surface area contributed by atoms with Gasteiger partial charge in [-0.05, 0) is 62.4 Å². The number of nitrogens with one attached hydrogen (secondary N) is 2. The van der Waals surface area contributed by atoms with Crippen LogP contribution in [0.4, 0.5) is 5.13 Å². The Kier molecular flexibility index (Phi) is 11.4. The monoisotopic (exact) mass is 620 g/mol. The molecule has 2 heterocycles. The van der Waals surface area contributed by atoms with Crippen molar-refractivity contribution in [3.8, 4) is 22.8 Å². The van der Waals surface area contributed by atoms with Gasteiger partial charge in [0.1, 0.15) is 17.2 Å². The van der Waals surface area contributed by atoms with E-state index in [1.807, 2.05) is 31.2 Å². The molecule has 236 valence electrons. The van der Waals surface area contributed by atoms with Crippen molar-refractivity contribution >= 4 is 39.2 Å². The SMILES string of the molecule is COC(C)=O.COc1cc(-c2nc(NC(=O)c3[nH]c4ccc(C)cc4c3C)sc2CCC2CCCCC2)c(OC)cc1CN. The first-order valence-corrected chi connectivity index (χ1v) is 15.9. The number of nitrogens with two attached hydrogens (primary N) is 1. The van der Waals surface area contributed by atoms with Crippen LogP contribution in [-0.2, 0) is 22.5 Å². The number of aromatic amines is 1. The molecule has 0 aliphatic heterocycles. The largest absolute Gasteiger partial charge is 0.496 e. The first kappa shape index (κ1) is 33.0. The number of fused-ring (bicyclic) bond motifs is 1. The highest BCUT2D eigenvalue weighted by atomic mass is 32.1. The topological polar surface area (TPSA) is 129 Å². The van der Waals surface area contributed by atoms with Crippen molar-refractivity contribution in [3.05, 3.63) is 57.6 Å². The molecule has 0 spiro atoms. The normalized spacial score (nSPS) is 13.2. The number of nitrogens with zero attached hydrogens (tertiary/aromatic N) is 1. The number of carbonyl (C=O) groups excluding carboxylic acids is 2. The molecule has 5 rings (SSSR count). The van der Waals surface area contributed by atoms with Gasteiger partial charge in [0.05, 0.1) is 27.0 Å². The van der Waals surface area contributed by atoms with Crippen LogP contribution in [0.25, 0.3) is 22.2 Å². The van der Waals surface area contributed by atoms with Gasteiger partial charge in [-0.3, -0.25) is 14.9 Å². The molecule has 9 nitrogen and oxygen atoms in total. The Bertz CT molecular complexity index is 1600. The van der Waals surface area contributed by atoms with E-state index in [4.69, 9.17) is 20.2 Å². The number of rotatable bonds is 9. The molecule has 1 aliphatic rings. The lowest BCUT2D eigenvalue weighted by Crippen LogP contribution is -2.13. The number of benzene rings is 2. The quantitative estimate of drug-likeness (QED) is 0.167. The summed E-state index contributed by atoms with van der Waals surface area (Å²) in [4.78, 5) is 32.4. The number of hydrogen-bond donors (Lipinski definition) is 3. The number of aromatic nitrogens is 2. The third kappa shape index (κ3) is 7.78. The molecule has 0 bridgehead atoms. The number of hydrogen-bond acceptors (Lipinski definition) is 8. The van der Waals surface area contributed by atoms with Crippen LogP contribution in [-0.4, -0.2) is 43.2 Å². The molecule has 1 saturated carbocycles. The Morgan fingerprint density at radius 2 is 1.75 bits per heavy atom. The summed E-state index contributed by atoms with van der Waals surface area (Å²) < 4.78 is 15.5. The summed E-state index contributed by atoms with van der Waals surface area (Å²) in [5.74, 6) is 1.70. The highest BCUT2D eigenvalue weighted by Gasteiger charge is 2.23. The molecule has 10 heteroatoms. The van der Waals surface area contributed by atoms with E-state index < -0.39 is 0 Å². The highest BCUT2D eigenvalue weighted by molar-refractivity contribution is 7.16. The molecule has 4 aromatic rings. The van der Waals surface area contributed by atoms with Crippen molar-refractivity contribution in [3.63, 3.8) is 0 Å². The molecule has 44 heavy (non-hydrogen) atoms. The van der Waals surface area contributed by atoms with Crippen LogP contribution < -0.4 is 20.5 Å². The van der Waals surface area contributed by atoms with Crippen LogP contribution in [0, 0.1) is 19.8 Å². The predicted molar refractivity (Wildman–Crippen MR) is 177 cm³/mol. The molecule has 1 amide bonds. The van der Waals surface area contributed by atoms with Crippen LogP contribution in [0.15, 0.2) is 30.3 Å². The van der Waals surface area contributed by atoms with E-state index in [0.29, 0.717) is 28.9 Å². The van der Waals surface area contributed by atoms with E-state index in [2.05, 4.69) is 28.0 Å². The molecular formula is C34H44N4O5S. The zero-order valence-corrected chi connectivity index (χ0v) is 27.4. The summed E-state index contributed by atoms with van der Waals surface area (Å²) in [6.45, 7) is 5.74. The molecule has 0 atom stereocenters. The van der Waals surface area contributed by atoms with Crippen molar-refractivity contribution in [2.75, 3.05) is 26.6 Å². The van der Waals surface area contributed by atoms with E-state index in [-0.39, 0.29) is 11.9 Å². The lowest BCUT2D eigenvalue weighted by Gasteiger charge is -2.21. The minimum Gasteiger partial charge on any atom is -0.496 e. The Balaban J connectivity index is 0.000000818. The predicted octanol–water partition coefficient (Wildman–Crippen LogP) is 7.33. The van der Waals surface area contributed by atoms with Gasteiger partial charge in [0.15, 0.2) is 5.13 Å². The Hall–Kier alpha value is -3.89. The first-order valence-electron chi connectivity index (χ1n) is 15.1. The standard InChI is InChI=1S/C31H38N4O3S.C3H6O2/c1-18-10-12-24-22(14-18)19(2)28(33-24)30(36)35-31-34-29(27(39-31)13-11-20-8-6-5-7-9-20)23-16-25(37-3)21(17-32)15-26(23)38-4;1-3(4)5-2/h10,12,14-16,20,33H,5-9,11,13,17,32H2,1-4H3,(H,34,35,36);1-2H3. The maximum Gasteiger partial charge on any atom is 0.302 e. The Morgan fingerprint density at radius 1 is 1.05 bits per heavy atom. The number of carbonyl (C=O) groups is 2. The second-order valence-electron chi connectivity index (χ2n) is 11.2. The van der Waals surface area contributed by atoms with Gasteiger partial charge < -0.3 is 24.9 Å². The second kappa shape index (κ2) is 15.2. The van der Waals surface area contributed by atoms with Gasteiger partial charge in [0, 0.05) is 40.4 Å². The summed E-state index contributed by atoms with van der Waals surface area (Å²) in [7, 11) is 4.65. The zero-order valence-electron chi connectivity index (χ0n) is 26.6. The molecule has 0 radical (unpaired) electrons. The van der Waals surface area contributed by atoms with E-state index >= 15 is 0 Å². The minimum atomic E-state index is -0.245. The van der Waals surface area contributed by atoms with Crippen molar-refractivity contribution in [2.24, 2.45) is 11.7 Å². The second-order valence-corrected chi connectivity index (χ2v) is 12.3. The number of thiazole rings is 1. The number of methoxy groups -OCH3 is 3. The fourth-order valence-electron chi connectivity index (χ4n) is 5.73. The van der Waals surface area contributed by atoms with E-state index in [9.17, 15) is 9.59 Å². The van der Waals surface area contributed by atoms with Crippen LogP contribution in [0.1, 0.15) is 77.5 Å². The third-order valence-corrected chi connectivity index (χ3v) is 9.26. The molecule has 4 N–H and O–H groups in total. The van der Waals surface area contributed by atoms with Crippen molar-refractivity contribution in [1.29, 1.82) is 0 Å². The number of esters is 1. The van der Waals surface area contributed by atoms with Crippen LogP contribution in [0.5, 0.6) is 11.5 Å². The summed E-state index contributed by atoms with van der Waals surface area (Å²) in [5.41, 5.74) is 12.1. The first-order chi connectivity index (χ1) is 21.2. The maximum atomic E-state index is 13.4. The van der Waals surface area contributed by atoms with E-state index in [0.717, 1.165) is 62.5 Å². The third-order valence-electron chi connectivity index (χ3n) is 8.23. The van der Waals surface area contributed by atoms with Gasteiger partial charge in [-0.25, -0.2) is 4.98 Å². The molecule has 1 fully saturated rings. The molecule has 0 unspecified atom stereocenters. The highest BCUT2D eigenvalue weighted by Crippen LogP contribution is 2.41. The Morgan fingerprint density at radius 3 is 2.39 bits per heavy atom. The van der Waals surface area contributed by atoms with Gasteiger partial charge >= 0.3 is 5.97 Å². The molecule has 1 aliphatic carbocycles. The van der Waals surface area contributed by atoms with Crippen LogP contribution in [0.2, 0.25) is 0 Å². The molecule has 2 aromatic heterocycles. The molecule has 0 saturated heterocycles. The zero-order chi connectivity index (χ0) is 31.8. The van der Waals surface area contributed by atoms with Gasteiger partial charge in [0.2, 0.25) is 0 Å². The fraction of sp³-hybridized carbons (Fsp3) is 0.441. The van der Waals surface area contributed by atoms with E-state index in [1.165, 1.54) is 46.1 Å². The lowest BCUT2D eigenvalue weighted by atomic mass is 9.86. The van der Waals surface area contributed by atoms with Crippen molar-refractivity contribution < 1.29 is 23.8 Å². The van der Waals surface area contributed by atoms with Gasteiger partial charge in [0.25, 0.3) is 5.91 Å². The summed E-state index contributed by atoms with van der Waals surface area (Å²) in [5, 5.41) is 4.71. The molecular weight excluding hydrogens is 576 g/mol. The Labute approximate surface area is 263 Å². The lowest BCUT2D eigenvalue weighted by molar-refractivity contribution is -0.137.